The van der Waals surface area contributed by atoms with E-state index < -0.39 is 0 Å². The van der Waals surface area contributed by atoms with Crippen molar-refractivity contribution >= 4 is 16.7 Å². The number of rotatable bonds is 6. The number of benzene rings is 4. The van der Waals surface area contributed by atoms with E-state index in [9.17, 15) is 4.79 Å². The molecule has 3 nitrogen and oxygen atoms in total. The van der Waals surface area contributed by atoms with Crippen LogP contribution in [0.3, 0.4) is 0 Å². The molecule has 0 atom stereocenters. The van der Waals surface area contributed by atoms with E-state index >= 15 is 0 Å². The number of ether oxygens (including phenoxy) is 2. The molecule has 0 spiro atoms. The molecular weight excluding hydrogens is 348 g/mol. The van der Waals surface area contributed by atoms with Crippen LogP contribution in [-0.2, 0) is 6.42 Å². The summed E-state index contributed by atoms with van der Waals surface area (Å²) in [6.07, 6.45) is 0.839. The summed E-state index contributed by atoms with van der Waals surface area (Å²) in [6, 6.07) is 30.8. The highest BCUT2D eigenvalue weighted by molar-refractivity contribution is 5.95. The summed E-state index contributed by atoms with van der Waals surface area (Å²) < 4.78 is 11.4. The molecule has 0 amide bonds. The number of carbonyl (C=O) groups excluding carboxylic acids is 1. The maximum Gasteiger partial charge on any atom is 0.343 e. The van der Waals surface area contributed by atoms with Crippen LogP contribution in [0.1, 0.15) is 15.9 Å². The molecule has 138 valence electrons. The molecule has 0 aliphatic heterocycles. The molecule has 0 saturated heterocycles. The van der Waals surface area contributed by atoms with Crippen LogP contribution in [0, 0.1) is 0 Å². The van der Waals surface area contributed by atoms with Crippen LogP contribution in [0.4, 0.5) is 0 Å². The summed E-state index contributed by atoms with van der Waals surface area (Å²) in [5.74, 6) is 0.913. The van der Waals surface area contributed by atoms with E-state index in [0.29, 0.717) is 17.9 Å². The van der Waals surface area contributed by atoms with Crippen molar-refractivity contribution in [3.8, 4) is 11.5 Å². The Hall–Kier alpha value is -3.59. The second-order valence-electron chi connectivity index (χ2n) is 6.48. The number of carbonyl (C=O) groups is 1. The third-order valence-corrected chi connectivity index (χ3v) is 4.54. The predicted molar refractivity (Wildman–Crippen MR) is 111 cm³/mol. The Bertz CT molecular complexity index is 1060. The molecule has 0 aliphatic rings. The highest BCUT2D eigenvalue weighted by Gasteiger charge is 2.11. The largest absolute Gasteiger partial charge is 0.493 e. The summed E-state index contributed by atoms with van der Waals surface area (Å²) in [6.45, 7) is 0.587. The number of esters is 1. The number of hydrogen-bond donors (Lipinski definition) is 0. The average molecular weight is 368 g/mol. The van der Waals surface area contributed by atoms with E-state index in [1.54, 1.807) is 30.3 Å². The average Bonchev–Trinajstić information content (AvgIpc) is 2.75. The van der Waals surface area contributed by atoms with Crippen molar-refractivity contribution in [3.63, 3.8) is 0 Å². The quantitative estimate of drug-likeness (QED) is 0.324. The van der Waals surface area contributed by atoms with Gasteiger partial charge in [0.1, 0.15) is 11.5 Å². The molecule has 0 fully saturated rings. The van der Waals surface area contributed by atoms with E-state index in [0.717, 1.165) is 22.9 Å². The molecule has 3 heteroatoms. The zero-order valence-electron chi connectivity index (χ0n) is 15.4. The third kappa shape index (κ3) is 4.21. The lowest BCUT2D eigenvalue weighted by molar-refractivity contribution is 0.0737. The lowest BCUT2D eigenvalue weighted by atomic mass is 10.1. The van der Waals surface area contributed by atoms with Crippen molar-refractivity contribution in [2.45, 2.75) is 6.42 Å². The van der Waals surface area contributed by atoms with Crippen LogP contribution in [0.2, 0.25) is 0 Å². The first kappa shape index (κ1) is 17.8. The van der Waals surface area contributed by atoms with Crippen molar-refractivity contribution in [1.29, 1.82) is 0 Å². The second kappa shape index (κ2) is 8.40. The van der Waals surface area contributed by atoms with Crippen LogP contribution >= 0.6 is 0 Å². The zero-order valence-corrected chi connectivity index (χ0v) is 15.4. The highest BCUT2D eigenvalue weighted by atomic mass is 16.5. The Morgan fingerprint density at radius 1 is 0.714 bits per heavy atom. The molecule has 4 aromatic carbocycles. The van der Waals surface area contributed by atoms with Crippen molar-refractivity contribution in [3.05, 3.63) is 108 Å². The molecule has 0 aromatic heterocycles. The van der Waals surface area contributed by atoms with E-state index in [2.05, 4.69) is 12.1 Å². The standard InChI is InChI=1S/C25H20O3/c26-25(28-24-12-6-10-20-9-4-5-11-23(20)24)21-13-15-22(16-14-21)27-18-17-19-7-2-1-3-8-19/h1-16H,17-18H2. The minimum Gasteiger partial charge on any atom is -0.493 e. The van der Waals surface area contributed by atoms with Gasteiger partial charge in [0, 0.05) is 11.8 Å². The number of hydrogen-bond acceptors (Lipinski definition) is 3. The minimum atomic E-state index is -0.382. The first-order valence-corrected chi connectivity index (χ1v) is 9.26. The van der Waals surface area contributed by atoms with Crippen LogP contribution in [0.25, 0.3) is 10.8 Å². The molecule has 0 N–H and O–H groups in total. The monoisotopic (exact) mass is 368 g/mol. The van der Waals surface area contributed by atoms with Crippen molar-refractivity contribution < 1.29 is 14.3 Å². The SMILES string of the molecule is O=C(Oc1cccc2ccccc12)c1ccc(OCCc2ccccc2)cc1. The van der Waals surface area contributed by atoms with Crippen LogP contribution < -0.4 is 9.47 Å². The molecule has 0 aliphatic carbocycles. The molecule has 0 bridgehead atoms. The van der Waals surface area contributed by atoms with Crippen LogP contribution in [0.5, 0.6) is 11.5 Å². The summed E-state index contributed by atoms with van der Waals surface area (Å²) in [7, 11) is 0. The number of fused-ring (bicyclic) bond motifs is 1. The van der Waals surface area contributed by atoms with E-state index in [1.165, 1.54) is 5.56 Å². The van der Waals surface area contributed by atoms with E-state index in [4.69, 9.17) is 9.47 Å². The fourth-order valence-electron chi connectivity index (χ4n) is 3.06. The Morgan fingerprint density at radius 3 is 2.25 bits per heavy atom. The van der Waals surface area contributed by atoms with Gasteiger partial charge in [0.25, 0.3) is 0 Å². The topological polar surface area (TPSA) is 35.5 Å². The fourth-order valence-corrected chi connectivity index (χ4v) is 3.06. The van der Waals surface area contributed by atoms with Crippen molar-refractivity contribution in [1.82, 2.24) is 0 Å². The summed E-state index contributed by atoms with van der Waals surface area (Å²) in [5.41, 5.74) is 1.72. The lowest BCUT2D eigenvalue weighted by Gasteiger charge is -2.09. The fraction of sp³-hybridized carbons (Fsp3) is 0.0800. The molecule has 0 unspecified atom stereocenters. The molecule has 4 aromatic rings. The highest BCUT2D eigenvalue weighted by Crippen LogP contribution is 2.26. The van der Waals surface area contributed by atoms with Gasteiger partial charge in [-0.05, 0) is 41.3 Å². The second-order valence-corrected chi connectivity index (χ2v) is 6.48. The molecule has 28 heavy (non-hydrogen) atoms. The van der Waals surface area contributed by atoms with Gasteiger partial charge >= 0.3 is 5.97 Å². The minimum absolute atomic E-state index is 0.382. The zero-order chi connectivity index (χ0) is 19.2. The van der Waals surface area contributed by atoms with Gasteiger partial charge in [0.15, 0.2) is 0 Å². The molecule has 0 radical (unpaired) electrons. The van der Waals surface area contributed by atoms with Gasteiger partial charge in [-0.15, -0.1) is 0 Å². The maximum absolute atomic E-state index is 12.5. The Balaban J connectivity index is 1.38. The van der Waals surface area contributed by atoms with E-state index in [-0.39, 0.29) is 5.97 Å². The lowest BCUT2D eigenvalue weighted by Crippen LogP contribution is -2.09. The summed E-state index contributed by atoms with van der Waals surface area (Å²) in [5, 5.41) is 1.95. The first-order valence-electron chi connectivity index (χ1n) is 9.26. The van der Waals surface area contributed by atoms with Gasteiger partial charge in [0.05, 0.1) is 12.2 Å². The van der Waals surface area contributed by atoms with Crippen molar-refractivity contribution in [2.75, 3.05) is 6.61 Å². The van der Waals surface area contributed by atoms with Gasteiger partial charge in [-0.1, -0.05) is 66.7 Å². The maximum atomic E-state index is 12.5. The van der Waals surface area contributed by atoms with Crippen molar-refractivity contribution in [2.24, 2.45) is 0 Å². The molecule has 4 rings (SSSR count). The van der Waals surface area contributed by atoms with Gasteiger partial charge < -0.3 is 9.47 Å². The first-order chi connectivity index (χ1) is 13.8. The molecule has 0 saturated carbocycles. The van der Waals surface area contributed by atoms with Gasteiger partial charge in [-0.25, -0.2) is 4.79 Å². The smallest absolute Gasteiger partial charge is 0.343 e. The molecular formula is C25H20O3. The normalized spacial score (nSPS) is 10.6. The molecule has 0 heterocycles. The predicted octanol–water partition coefficient (Wildman–Crippen LogP) is 5.68. The van der Waals surface area contributed by atoms with Crippen LogP contribution in [0.15, 0.2) is 97.1 Å². The third-order valence-electron chi connectivity index (χ3n) is 4.54. The Labute approximate surface area is 164 Å². The van der Waals surface area contributed by atoms with Gasteiger partial charge in [-0.2, -0.15) is 0 Å². The summed E-state index contributed by atoms with van der Waals surface area (Å²) >= 11 is 0. The Kier molecular flexibility index (Phi) is 5.34. The van der Waals surface area contributed by atoms with Gasteiger partial charge in [0.2, 0.25) is 0 Å². The Morgan fingerprint density at radius 2 is 1.43 bits per heavy atom. The summed E-state index contributed by atoms with van der Waals surface area (Å²) in [4.78, 5) is 12.5. The van der Waals surface area contributed by atoms with E-state index in [1.807, 2.05) is 54.6 Å². The van der Waals surface area contributed by atoms with Crippen LogP contribution in [-0.4, -0.2) is 12.6 Å². The van der Waals surface area contributed by atoms with Gasteiger partial charge in [-0.3, -0.25) is 0 Å².